The van der Waals surface area contributed by atoms with E-state index in [1.165, 1.54) is 31.2 Å². The summed E-state index contributed by atoms with van der Waals surface area (Å²) in [7, 11) is -1.22. The molecule has 0 heterocycles. The van der Waals surface area contributed by atoms with Crippen molar-refractivity contribution in [3.05, 3.63) is 89.5 Å². The zero-order valence-electron chi connectivity index (χ0n) is 21.8. The normalized spacial score (nSPS) is 11.9. The Hall–Kier alpha value is -3.85. The summed E-state index contributed by atoms with van der Waals surface area (Å²) in [5, 5.41) is 2.58. The lowest BCUT2D eigenvalue weighted by atomic mass is 10.1. The SMILES string of the molecule is CNC(=O)C(C)N(Cc1cccc(C)c1)C(=O)CN(c1ccccc1OC)S(=O)(=O)c1ccc(C)cc1. The molecule has 1 unspecified atom stereocenters. The second-order valence-corrected chi connectivity index (χ2v) is 10.7. The Balaban J connectivity index is 2.07. The summed E-state index contributed by atoms with van der Waals surface area (Å²) >= 11 is 0. The molecule has 0 saturated carbocycles. The second-order valence-electron chi connectivity index (χ2n) is 8.80. The van der Waals surface area contributed by atoms with E-state index >= 15 is 0 Å². The molecule has 0 aliphatic carbocycles. The zero-order chi connectivity index (χ0) is 27.2. The lowest BCUT2D eigenvalue weighted by Gasteiger charge is -2.32. The van der Waals surface area contributed by atoms with Crippen LogP contribution in [0.4, 0.5) is 5.69 Å². The predicted molar refractivity (Wildman–Crippen MR) is 144 cm³/mol. The molecule has 0 spiro atoms. The topological polar surface area (TPSA) is 96.0 Å². The molecule has 1 atom stereocenters. The van der Waals surface area contributed by atoms with Gasteiger partial charge >= 0.3 is 0 Å². The van der Waals surface area contributed by atoms with Crippen LogP contribution >= 0.6 is 0 Å². The number of nitrogens with one attached hydrogen (secondary N) is 1. The number of ether oxygens (including phenoxy) is 1. The minimum absolute atomic E-state index is 0.0430. The third kappa shape index (κ3) is 6.48. The second kappa shape index (κ2) is 11.9. The summed E-state index contributed by atoms with van der Waals surface area (Å²) in [6.45, 7) is 5.04. The van der Waals surface area contributed by atoms with Crippen LogP contribution < -0.4 is 14.4 Å². The number of methoxy groups -OCH3 is 1. The quantitative estimate of drug-likeness (QED) is 0.438. The van der Waals surface area contributed by atoms with Gasteiger partial charge in [0.2, 0.25) is 11.8 Å². The summed E-state index contributed by atoms with van der Waals surface area (Å²) in [6, 6.07) is 19.8. The Kier molecular flexibility index (Phi) is 8.94. The highest BCUT2D eigenvalue weighted by atomic mass is 32.2. The van der Waals surface area contributed by atoms with Crippen molar-refractivity contribution in [3.63, 3.8) is 0 Å². The van der Waals surface area contributed by atoms with Crippen LogP contribution in [-0.4, -0.2) is 51.9 Å². The Bertz CT molecular complexity index is 1360. The van der Waals surface area contributed by atoms with Crippen LogP contribution in [-0.2, 0) is 26.2 Å². The third-order valence-corrected chi connectivity index (χ3v) is 7.86. The number of nitrogens with zero attached hydrogens (tertiary/aromatic N) is 2. The number of rotatable bonds is 10. The van der Waals surface area contributed by atoms with Gasteiger partial charge in [0.25, 0.3) is 10.0 Å². The van der Waals surface area contributed by atoms with E-state index in [2.05, 4.69) is 5.32 Å². The zero-order valence-corrected chi connectivity index (χ0v) is 22.6. The Morgan fingerprint density at radius 1 is 0.946 bits per heavy atom. The van der Waals surface area contributed by atoms with Gasteiger partial charge in [0, 0.05) is 13.6 Å². The van der Waals surface area contributed by atoms with Gasteiger partial charge in [-0.3, -0.25) is 13.9 Å². The number of benzene rings is 3. The summed E-state index contributed by atoms with van der Waals surface area (Å²) in [5.74, 6) is -0.582. The molecule has 0 bridgehead atoms. The van der Waals surface area contributed by atoms with Crippen molar-refractivity contribution in [3.8, 4) is 5.75 Å². The number of anilines is 1. The van der Waals surface area contributed by atoms with Crippen LogP contribution in [0.1, 0.15) is 23.6 Å². The molecule has 9 heteroatoms. The van der Waals surface area contributed by atoms with E-state index in [0.717, 1.165) is 21.0 Å². The number of carbonyl (C=O) groups excluding carboxylic acids is 2. The summed E-state index contributed by atoms with van der Waals surface area (Å²) in [6.07, 6.45) is 0. The van der Waals surface area contributed by atoms with Gasteiger partial charge < -0.3 is 15.0 Å². The van der Waals surface area contributed by atoms with Crippen molar-refractivity contribution in [2.75, 3.05) is 25.0 Å². The molecule has 0 aliphatic heterocycles. The summed E-state index contributed by atoms with van der Waals surface area (Å²) in [5.41, 5.74) is 2.97. The number of sulfonamides is 1. The van der Waals surface area contributed by atoms with Crippen LogP contribution in [0.3, 0.4) is 0 Å². The fraction of sp³-hybridized carbons (Fsp3) is 0.286. The molecule has 37 heavy (non-hydrogen) atoms. The molecule has 0 radical (unpaired) electrons. The van der Waals surface area contributed by atoms with Gasteiger partial charge in [-0.05, 0) is 50.6 Å². The number of para-hydroxylation sites is 2. The van der Waals surface area contributed by atoms with Crippen molar-refractivity contribution in [1.82, 2.24) is 10.2 Å². The van der Waals surface area contributed by atoms with Gasteiger partial charge in [0.1, 0.15) is 18.3 Å². The smallest absolute Gasteiger partial charge is 0.264 e. The van der Waals surface area contributed by atoms with E-state index in [1.807, 2.05) is 38.1 Å². The van der Waals surface area contributed by atoms with E-state index in [1.54, 1.807) is 43.3 Å². The standard InChI is InChI=1S/C28H33N3O5S/c1-20-13-15-24(16-14-20)37(34,35)31(25-11-6-7-12-26(25)36-5)19-27(32)30(22(3)28(33)29-4)18-23-10-8-9-21(2)17-23/h6-17,22H,18-19H2,1-5H3,(H,29,33). The summed E-state index contributed by atoms with van der Waals surface area (Å²) < 4.78 is 34.2. The van der Waals surface area contributed by atoms with Crippen LogP contribution in [0.5, 0.6) is 5.75 Å². The van der Waals surface area contributed by atoms with Gasteiger partial charge in [-0.15, -0.1) is 0 Å². The molecule has 2 amide bonds. The Labute approximate surface area is 218 Å². The fourth-order valence-corrected chi connectivity index (χ4v) is 5.41. The first-order valence-electron chi connectivity index (χ1n) is 11.9. The number of hydrogen-bond donors (Lipinski definition) is 1. The first-order chi connectivity index (χ1) is 17.6. The lowest BCUT2D eigenvalue weighted by Crippen LogP contribution is -2.50. The predicted octanol–water partition coefficient (Wildman–Crippen LogP) is 3.67. The van der Waals surface area contributed by atoms with Crippen molar-refractivity contribution < 1.29 is 22.7 Å². The highest BCUT2D eigenvalue weighted by Crippen LogP contribution is 2.32. The maximum Gasteiger partial charge on any atom is 0.264 e. The van der Waals surface area contributed by atoms with Crippen LogP contribution in [0.2, 0.25) is 0 Å². The van der Waals surface area contributed by atoms with Crippen molar-refractivity contribution >= 4 is 27.5 Å². The van der Waals surface area contributed by atoms with Crippen LogP contribution in [0.15, 0.2) is 77.7 Å². The fourth-order valence-electron chi connectivity index (χ4n) is 3.99. The first-order valence-corrected chi connectivity index (χ1v) is 13.3. The van der Waals surface area contributed by atoms with Crippen LogP contribution in [0, 0.1) is 13.8 Å². The number of amides is 2. The molecule has 0 aromatic heterocycles. The summed E-state index contributed by atoms with van der Waals surface area (Å²) in [4.78, 5) is 27.8. The van der Waals surface area contributed by atoms with E-state index in [0.29, 0.717) is 5.75 Å². The van der Waals surface area contributed by atoms with Crippen LogP contribution in [0.25, 0.3) is 0 Å². The third-order valence-electron chi connectivity index (χ3n) is 6.09. The molecule has 3 rings (SSSR count). The largest absolute Gasteiger partial charge is 0.495 e. The van der Waals surface area contributed by atoms with Gasteiger partial charge in [-0.2, -0.15) is 0 Å². The maximum atomic E-state index is 13.9. The Morgan fingerprint density at radius 3 is 2.24 bits per heavy atom. The molecule has 8 nitrogen and oxygen atoms in total. The highest BCUT2D eigenvalue weighted by molar-refractivity contribution is 7.92. The first kappa shape index (κ1) is 27.7. The molecular weight excluding hydrogens is 490 g/mol. The highest BCUT2D eigenvalue weighted by Gasteiger charge is 2.33. The van der Waals surface area contributed by atoms with E-state index in [4.69, 9.17) is 4.74 Å². The molecule has 1 N–H and O–H groups in total. The minimum atomic E-state index is -4.16. The number of aryl methyl sites for hydroxylation is 2. The number of hydrogen-bond acceptors (Lipinski definition) is 5. The van der Waals surface area contributed by atoms with E-state index in [-0.39, 0.29) is 23.0 Å². The monoisotopic (exact) mass is 523 g/mol. The van der Waals surface area contributed by atoms with E-state index < -0.39 is 28.5 Å². The van der Waals surface area contributed by atoms with Gasteiger partial charge in [0.05, 0.1) is 17.7 Å². The van der Waals surface area contributed by atoms with Gasteiger partial charge in [-0.1, -0.05) is 59.7 Å². The van der Waals surface area contributed by atoms with Crippen molar-refractivity contribution in [1.29, 1.82) is 0 Å². The van der Waals surface area contributed by atoms with Gasteiger partial charge in [-0.25, -0.2) is 8.42 Å². The molecule has 3 aromatic rings. The number of likely N-dealkylation sites (N-methyl/N-ethyl adjacent to an activating group) is 1. The average molecular weight is 524 g/mol. The number of carbonyl (C=O) groups is 2. The maximum absolute atomic E-state index is 13.9. The van der Waals surface area contributed by atoms with Gasteiger partial charge in [0.15, 0.2) is 0 Å². The average Bonchev–Trinajstić information content (AvgIpc) is 2.89. The lowest BCUT2D eigenvalue weighted by molar-refractivity contribution is -0.139. The molecule has 3 aromatic carbocycles. The van der Waals surface area contributed by atoms with Crippen molar-refractivity contribution in [2.24, 2.45) is 0 Å². The van der Waals surface area contributed by atoms with E-state index in [9.17, 15) is 18.0 Å². The van der Waals surface area contributed by atoms with Crippen molar-refractivity contribution in [2.45, 2.75) is 38.3 Å². The molecule has 196 valence electrons. The molecular formula is C28H33N3O5S. The Morgan fingerprint density at radius 2 is 1.62 bits per heavy atom. The molecule has 0 fully saturated rings. The molecule has 0 saturated heterocycles. The minimum Gasteiger partial charge on any atom is -0.495 e. The molecule has 0 aliphatic rings.